The van der Waals surface area contributed by atoms with E-state index in [1.54, 1.807) is 5.57 Å². The van der Waals surface area contributed by atoms with Crippen molar-refractivity contribution in [2.24, 2.45) is 28.6 Å². The monoisotopic (exact) mass is 346 g/mol. The molecule has 5 aliphatic rings. The Morgan fingerprint density at radius 3 is 2.56 bits per heavy atom. The van der Waals surface area contributed by atoms with E-state index in [0.29, 0.717) is 5.41 Å². The van der Waals surface area contributed by atoms with Crippen LogP contribution in [0.4, 0.5) is 0 Å². The van der Waals surface area contributed by atoms with Gasteiger partial charge in [0.05, 0.1) is 19.3 Å². The van der Waals surface area contributed by atoms with Gasteiger partial charge in [0, 0.05) is 11.8 Å². The summed E-state index contributed by atoms with van der Waals surface area (Å²) in [5.74, 6) is 1.99. The van der Waals surface area contributed by atoms with Crippen LogP contribution >= 0.6 is 0 Å². The van der Waals surface area contributed by atoms with Crippen molar-refractivity contribution >= 4 is 0 Å². The van der Waals surface area contributed by atoms with Crippen LogP contribution in [0.1, 0.15) is 71.6 Å². The van der Waals surface area contributed by atoms with Crippen LogP contribution in [0.25, 0.3) is 0 Å². The van der Waals surface area contributed by atoms with Gasteiger partial charge in [0.15, 0.2) is 5.79 Å². The molecular weight excluding hydrogens is 312 g/mol. The van der Waals surface area contributed by atoms with Crippen molar-refractivity contribution in [3.63, 3.8) is 0 Å². The SMILES string of the molecule is C[C@]12CC[C@H](O)CC1=CC[C@@H]1[C@@H]2CC[C@@]2(C)[C@H]1CCC21OCCCO1. The van der Waals surface area contributed by atoms with Crippen LogP contribution in [0.2, 0.25) is 0 Å². The highest BCUT2D eigenvalue weighted by atomic mass is 16.7. The van der Waals surface area contributed by atoms with Crippen molar-refractivity contribution in [1.82, 2.24) is 0 Å². The third-order valence-corrected chi connectivity index (χ3v) is 9.08. The maximum Gasteiger partial charge on any atom is 0.173 e. The molecule has 1 spiro atoms. The molecule has 4 fully saturated rings. The first-order valence-corrected chi connectivity index (χ1v) is 10.6. The Bertz CT molecular complexity index is 578. The van der Waals surface area contributed by atoms with Crippen LogP contribution in [-0.2, 0) is 9.47 Å². The summed E-state index contributed by atoms with van der Waals surface area (Å²) in [6, 6.07) is 0. The van der Waals surface area contributed by atoms with E-state index in [4.69, 9.17) is 9.47 Å². The summed E-state index contributed by atoms with van der Waals surface area (Å²) >= 11 is 0. The van der Waals surface area contributed by atoms with E-state index in [0.717, 1.165) is 56.7 Å². The van der Waals surface area contributed by atoms with Crippen LogP contribution in [-0.4, -0.2) is 30.2 Å². The van der Waals surface area contributed by atoms with Crippen molar-refractivity contribution < 1.29 is 14.6 Å². The van der Waals surface area contributed by atoms with Gasteiger partial charge < -0.3 is 14.6 Å². The van der Waals surface area contributed by atoms with Crippen molar-refractivity contribution in [2.75, 3.05) is 13.2 Å². The van der Waals surface area contributed by atoms with Crippen LogP contribution in [0.5, 0.6) is 0 Å². The molecule has 0 bridgehead atoms. The highest BCUT2D eigenvalue weighted by Gasteiger charge is 2.66. The van der Waals surface area contributed by atoms with Crippen molar-refractivity contribution in [2.45, 2.75) is 83.5 Å². The summed E-state index contributed by atoms with van der Waals surface area (Å²) in [5.41, 5.74) is 2.08. The van der Waals surface area contributed by atoms with Crippen molar-refractivity contribution in [3.05, 3.63) is 11.6 Å². The molecule has 0 aromatic carbocycles. The number of fused-ring (bicyclic) bond motifs is 6. The number of hydrogen-bond acceptors (Lipinski definition) is 3. The fourth-order valence-corrected chi connectivity index (χ4v) is 7.65. The summed E-state index contributed by atoms with van der Waals surface area (Å²) in [6.07, 6.45) is 12.6. The number of hydrogen-bond donors (Lipinski definition) is 1. The molecule has 0 aromatic rings. The second-order valence-electron chi connectivity index (χ2n) is 9.95. The minimum Gasteiger partial charge on any atom is -0.393 e. The lowest BCUT2D eigenvalue weighted by Gasteiger charge is -2.59. The Balaban J connectivity index is 1.47. The zero-order valence-corrected chi connectivity index (χ0v) is 15.9. The highest BCUT2D eigenvalue weighted by Crippen LogP contribution is 2.68. The van der Waals surface area contributed by atoms with E-state index >= 15 is 0 Å². The molecule has 6 atom stereocenters. The first kappa shape index (κ1) is 16.8. The predicted octanol–water partition coefficient (Wildman–Crippen LogP) is 4.44. The second-order valence-corrected chi connectivity index (χ2v) is 9.95. The lowest BCUT2D eigenvalue weighted by Crippen LogP contribution is -2.57. The minimum absolute atomic E-state index is 0.108. The van der Waals surface area contributed by atoms with Gasteiger partial charge in [0.2, 0.25) is 0 Å². The fraction of sp³-hybridized carbons (Fsp3) is 0.909. The smallest absolute Gasteiger partial charge is 0.173 e. The number of aliphatic hydroxyl groups is 1. The Morgan fingerprint density at radius 1 is 1.00 bits per heavy atom. The normalized spacial score (nSPS) is 51.4. The minimum atomic E-state index is -0.297. The number of aliphatic hydroxyl groups excluding tert-OH is 1. The zero-order valence-electron chi connectivity index (χ0n) is 15.9. The molecule has 3 heteroatoms. The first-order chi connectivity index (χ1) is 12.0. The number of allylic oxidation sites excluding steroid dienone is 1. The largest absolute Gasteiger partial charge is 0.393 e. The van der Waals surface area contributed by atoms with E-state index < -0.39 is 0 Å². The summed E-state index contributed by atoms with van der Waals surface area (Å²) in [7, 11) is 0. The molecule has 1 aliphatic heterocycles. The molecule has 3 nitrogen and oxygen atoms in total. The highest BCUT2D eigenvalue weighted by molar-refractivity contribution is 5.26. The van der Waals surface area contributed by atoms with Crippen molar-refractivity contribution in [3.8, 4) is 0 Å². The Kier molecular flexibility index (Phi) is 3.73. The Morgan fingerprint density at radius 2 is 1.76 bits per heavy atom. The molecule has 0 aromatic heterocycles. The average molecular weight is 347 g/mol. The number of rotatable bonds is 0. The van der Waals surface area contributed by atoms with Gasteiger partial charge in [-0.3, -0.25) is 0 Å². The summed E-state index contributed by atoms with van der Waals surface area (Å²) < 4.78 is 12.7. The molecule has 1 heterocycles. The van der Waals surface area contributed by atoms with E-state index in [1.165, 1.54) is 32.1 Å². The summed E-state index contributed by atoms with van der Waals surface area (Å²) in [6.45, 7) is 6.72. The lowest BCUT2D eigenvalue weighted by atomic mass is 9.47. The van der Waals surface area contributed by atoms with Gasteiger partial charge in [-0.15, -0.1) is 0 Å². The number of ether oxygens (including phenoxy) is 2. The molecule has 25 heavy (non-hydrogen) atoms. The van der Waals surface area contributed by atoms with Gasteiger partial charge in [0.1, 0.15) is 0 Å². The molecule has 3 saturated carbocycles. The maximum absolute atomic E-state index is 10.1. The Labute approximate surface area is 152 Å². The molecule has 140 valence electrons. The molecule has 0 radical (unpaired) electrons. The van der Waals surface area contributed by atoms with Crippen LogP contribution in [0, 0.1) is 28.6 Å². The van der Waals surface area contributed by atoms with E-state index in [2.05, 4.69) is 19.9 Å². The topological polar surface area (TPSA) is 38.7 Å². The standard InChI is InChI=1S/C22H34O3/c1-20-9-6-16(23)14-15(20)4-5-17-18(20)7-10-21(2)19(17)8-11-22(21)24-12-3-13-25-22/h4,16-19,23H,3,5-14H2,1-2H3/t16-,17+,18-,19-,20-,21-/m0/s1. The first-order valence-electron chi connectivity index (χ1n) is 10.6. The van der Waals surface area contributed by atoms with Gasteiger partial charge in [-0.2, -0.15) is 0 Å². The van der Waals surface area contributed by atoms with E-state index in [-0.39, 0.29) is 17.3 Å². The van der Waals surface area contributed by atoms with Gasteiger partial charge in [-0.1, -0.05) is 25.5 Å². The molecule has 1 N–H and O–H groups in total. The van der Waals surface area contributed by atoms with Crippen LogP contribution in [0.3, 0.4) is 0 Å². The second kappa shape index (κ2) is 5.56. The van der Waals surface area contributed by atoms with Crippen molar-refractivity contribution in [1.29, 1.82) is 0 Å². The summed E-state index contributed by atoms with van der Waals surface area (Å²) in [5, 5.41) is 10.1. The molecule has 0 unspecified atom stereocenters. The van der Waals surface area contributed by atoms with Gasteiger partial charge >= 0.3 is 0 Å². The zero-order chi connectivity index (χ0) is 17.3. The van der Waals surface area contributed by atoms with Gasteiger partial charge in [-0.05, 0) is 74.5 Å². The average Bonchev–Trinajstić information content (AvgIpc) is 2.89. The van der Waals surface area contributed by atoms with Crippen LogP contribution < -0.4 is 0 Å². The molecule has 1 saturated heterocycles. The fourth-order valence-electron chi connectivity index (χ4n) is 7.65. The van der Waals surface area contributed by atoms with Crippen LogP contribution in [0.15, 0.2) is 11.6 Å². The summed E-state index contributed by atoms with van der Waals surface area (Å²) in [4.78, 5) is 0. The van der Waals surface area contributed by atoms with E-state index in [9.17, 15) is 5.11 Å². The molecular formula is C22H34O3. The third-order valence-electron chi connectivity index (χ3n) is 9.08. The maximum atomic E-state index is 10.1. The van der Waals surface area contributed by atoms with Gasteiger partial charge in [0.25, 0.3) is 0 Å². The van der Waals surface area contributed by atoms with E-state index in [1.807, 2.05) is 0 Å². The Hall–Kier alpha value is -0.380. The molecule has 5 rings (SSSR count). The third kappa shape index (κ3) is 2.15. The molecule has 4 aliphatic carbocycles. The van der Waals surface area contributed by atoms with Gasteiger partial charge in [-0.25, -0.2) is 0 Å². The molecule has 0 amide bonds. The lowest BCUT2D eigenvalue weighted by molar-refractivity contribution is -0.322. The predicted molar refractivity (Wildman–Crippen MR) is 97.0 cm³/mol. The quantitative estimate of drug-likeness (QED) is 0.659.